The highest BCUT2D eigenvalue weighted by molar-refractivity contribution is 5.78. The maximum Gasteiger partial charge on any atom is 0.308 e. The van der Waals surface area contributed by atoms with Crippen LogP contribution in [0.1, 0.15) is 19.4 Å². The van der Waals surface area contributed by atoms with E-state index in [1.54, 1.807) is 0 Å². The van der Waals surface area contributed by atoms with Crippen LogP contribution in [0, 0.1) is 0 Å². The summed E-state index contributed by atoms with van der Waals surface area (Å²) in [6.45, 7) is 2.55. The number of benzene rings is 1. The molecule has 0 bridgehead atoms. The fourth-order valence-corrected chi connectivity index (χ4v) is 1.28. The van der Waals surface area contributed by atoms with E-state index in [-0.39, 0.29) is 5.75 Å². The lowest BCUT2D eigenvalue weighted by Gasteiger charge is -2.08. The molecule has 0 aliphatic rings. The van der Waals surface area contributed by atoms with E-state index >= 15 is 0 Å². The van der Waals surface area contributed by atoms with Gasteiger partial charge in [0.2, 0.25) is 0 Å². The van der Waals surface area contributed by atoms with Gasteiger partial charge < -0.3 is 9.47 Å². The van der Waals surface area contributed by atoms with Gasteiger partial charge >= 0.3 is 11.9 Å². The van der Waals surface area contributed by atoms with Crippen LogP contribution >= 0.6 is 0 Å². The SMILES string of the molecule is CC(=O)Oc1ccc(OC(C)=O)c(/C=C/C=O)c1. The topological polar surface area (TPSA) is 69.7 Å². The predicted octanol–water partition coefficient (Wildman–Crippen LogP) is 1.75. The highest BCUT2D eigenvalue weighted by Crippen LogP contribution is 2.25. The first kappa shape index (κ1) is 13.6. The number of hydrogen-bond donors (Lipinski definition) is 0. The molecule has 0 spiro atoms. The van der Waals surface area contributed by atoms with Gasteiger partial charge in [-0.2, -0.15) is 0 Å². The second-order valence-corrected chi connectivity index (χ2v) is 3.38. The molecule has 0 aromatic heterocycles. The van der Waals surface area contributed by atoms with Gasteiger partial charge in [0.05, 0.1) is 0 Å². The van der Waals surface area contributed by atoms with Crippen molar-refractivity contribution in [3.63, 3.8) is 0 Å². The summed E-state index contributed by atoms with van der Waals surface area (Å²) in [4.78, 5) is 32.0. The quantitative estimate of drug-likeness (QED) is 0.351. The molecule has 94 valence electrons. The lowest BCUT2D eigenvalue weighted by molar-refractivity contribution is -0.133. The molecular weight excluding hydrogens is 236 g/mol. The van der Waals surface area contributed by atoms with Gasteiger partial charge in [-0.3, -0.25) is 14.4 Å². The maximum atomic E-state index is 10.9. The Hall–Kier alpha value is -2.43. The van der Waals surface area contributed by atoms with Crippen molar-refractivity contribution in [1.29, 1.82) is 0 Å². The average molecular weight is 248 g/mol. The van der Waals surface area contributed by atoms with Gasteiger partial charge in [-0.05, 0) is 30.4 Å². The first-order valence-electron chi connectivity index (χ1n) is 5.15. The molecule has 1 aromatic carbocycles. The minimum absolute atomic E-state index is 0.288. The van der Waals surface area contributed by atoms with Crippen LogP contribution in [0.15, 0.2) is 24.3 Å². The van der Waals surface area contributed by atoms with E-state index in [2.05, 4.69) is 0 Å². The summed E-state index contributed by atoms with van der Waals surface area (Å²) < 4.78 is 9.85. The van der Waals surface area contributed by atoms with Crippen LogP contribution in [0.25, 0.3) is 6.08 Å². The molecule has 0 heterocycles. The van der Waals surface area contributed by atoms with Crippen LogP contribution in [-0.4, -0.2) is 18.2 Å². The summed E-state index contributed by atoms with van der Waals surface area (Å²) in [5.41, 5.74) is 0.469. The molecule has 0 aliphatic heterocycles. The number of carbonyl (C=O) groups excluding carboxylic acids is 3. The highest BCUT2D eigenvalue weighted by Gasteiger charge is 2.07. The van der Waals surface area contributed by atoms with Crippen LogP contribution in [0.4, 0.5) is 0 Å². The van der Waals surface area contributed by atoms with Gasteiger partial charge in [0.15, 0.2) is 0 Å². The van der Waals surface area contributed by atoms with Gasteiger partial charge in [-0.1, -0.05) is 0 Å². The van der Waals surface area contributed by atoms with E-state index in [4.69, 9.17) is 9.47 Å². The molecular formula is C13H12O5. The molecule has 0 atom stereocenters. The number of ether oxygens (including phenoxy) is 2. The Kier molecular flexibility index (Phi) is 4.80. The maximum absolute atomic E-state index is 10.9. The molecule has 0 N–H and O–H groups in total. The minimum atomic E-state index is -0.476. The smallest absolute Gasteiger partial charge is 0.308 e. The van der Waals surface area contributed by atoms with Gasteiger partial charge in [-0.25, -0.2) is 0 Å². The summed E-state index contributed by atoms with van der Waals surface area (Å²) in [7, 11) is 0. The molecule has 1 aromatic rings. The van der Waals surface area contributed by atoms with Crippen LogP contribution in [-0.2, 0) is 14.4 Å². The molecule has 1 rings (SSSR count). The van der Waals surface area contributed by atoms with Crippen molar-refractivity contribution in [3.8, 4) is 11.5 Å². The molecule has 0 aliphatic carbocycles. The Labute approximate surface area is 104 Å². The van der Waals surface area contributed by atoms with Crippen molar-refractivity contribution in [2.75, 3.05) is 0 Å². The molecule has 0 saturated carbocycles. The van der Waals surface area contributed by atoms with E-state index in [0.717, 1.165) is 0 Å². The van der Waals surface area contributed by atoms with Crippen molar-refractivity contribution in [1.82, 2.24) is 0 Å². The summed E-state index contributed by atoms with van der Waals surface area (Å²) in [5.74, 6) is -0.336. The number of carbonyl (C=O) groups is 3. The highest BCUT2D eigenvalue weighted by atomic mass is 16.5. The zero-order chi connectivity index (χ0) is 13.5. The van der Waals surface area contributed by atoms with Crippen LogP contribution in [0.5, 0.6) is 11.5 Å². The van der Waals surface area contributed by atoms with Gasteiger partial charge in [0, 0.05) is 19.4 Å². The second-order valence-electron chi connectivity index (χ2n) is 3.38. The van der Waals surface area contributed by atoms with E-state index in [1.165, 1.54) is 44.2 Å². The molecule has 5 nitrogen and oxygen atoms in total. The van der Waals surface area contributed by atoms with Crippen LogP contribution in [0.3, 0.4) is 0 Å². The molecule has 18 heavy (non-hydrogen) atoms. The van der Waals surface area contributed by atoms with Gasteiger partial charge in [0.1, 0.15) is 17.8 Å². The van der Waals surface area contributed by atoms with E-state index in [0.29, 0.717) is 17.6 Å². The van der Waals surface area contributed by atoms with Crippen molar-refractivity contribution in [3.05, 3.63) is 29.8 Å². The van der Waals surface area contributed by atoms with Gasteiger partial charge in [0.25, 0.3) is 0 Å². The Morgan fingerprint density at radius 3 is 2.33 bits per heavy atom. The summed E-state index contributed by atoms with van der Waals surface area (Å²) in [6.07, 6.45) is 3.30. The monoisotopic (exact) mass is 248 g/mol. The predicted molar refractivity (Wildman–Crippen MR) is 64.2 cm³/mol. The fraction of sp³-hybridized carbons (Fsp3) is 0.154. The van der Waals surface area contributed by atoms with Crippen molar-refractivity contribution >= 4 is 24.3 Å². The lowest BCUT2D eigenvalue weighted by atomic mass is 10.1. The third-order valence-corrected chi connectivity index (χ3v) is 1.85. The third kappa shape index (κ3) is 4.21. The third-order valence-electron chi connectivity index (χ3n) is 1.85. The molecule has 0 unspecified atom stereocenters. The molecule has 0 amide bonds. The summed E-state index contributed by atoms with van der Waals surface area (Å²) in [6, 6.07) is 4.49. The number of allylic oxidation sites excluding steroid dienone is 1. The second kappa shape index (κ2) is 6.34. The number of rotatable bonds is 4. The molecule has 0 saturated heterocycles. The van der Waals surface area contributed by atoms with E-state index < -0.39 is 11.9 Å². The minimum Gasteiger partial charge on any atom is -0.427 e. The van der Waals surface area contributed by atoms with Crippen LogP contribution in [0.2, 0.25) is 0 Å². The van der Waals surface area contributed by atoms with Crippen molar-refractivity contribution in [2.45, 2.75) is 13.8 Å². The normalized spacial score (nSPS) is 10.1. The van der Waals surface area contributed by atoms with E-state index in [9.17, 15) is 14.4 Å². The van der Waals surface area contributed by atoms with Crippen molar-refractivity contribution < 1.29 is 23.9 Å². The standard InChI is InChI=1S/C13H12O5/c1-9(15)17-12-5-6-13(18-10(2)16)11(8-12)4-3-7-14/h3-8H,1-2H3/b4-3+. The number of hydrogen-bond acceptors (Lipinski definition) is 5. The lowest BCUT2D eigenvalue weighted by Crippen LogP contribution is -2.04. The first-order valence-corrected chi connectivity index (χ1v) is 5.15. The fourth-order valence-electron chi connectivity index (χ4n) is 1.28. The van der Waals surface area contributed by atoms with Gasteiger partial charge in [-0.15, -0.1) is 0 Å². The Morgan fingerprint density at radius 2 is 1.78 bits per heavy atom. The zero-order valence-electron chi connectivity index (χ0n) is 10.0. The first-order chi connectivity index (χ1) is 8.52. The Bertz CT molecular complexity index is 502. The molecule has 5 heteroatoms. The van der Waals surface area contributed by atoms with Crippen molar-refractivity contribution in [2.24, 2.45) is 0 Å². The Morgan fingerprint density at radius 1 is 1.11 bits per heavy atom. The summed E-state index contributed by atoms with van der Waals surface area (Å²) in [5, 5.41) is 0. The van der Waals surface area contributed by atoms with E-state index in [1.807, 2.05) is 0 Å². The average Bonchev–Trinajstić information content (AvgIpc) is 2.27. The summed E-state index contributed by atoms with van der Waals surface area (Å²) >= 11 is 0. The molecule has 0 fully saturated rings. The zero-order valence-corrected chi connectivity index (χ0v) is 10.0. The number of aldehydes is 1. The molecule has 0 radical (unpaired) electrons. The van der Waals surface area contributed by atoms with Crippen LogP contribution < -0.4 is 9.47 Å². The number of esters is 2. The Balaban J connectivity index is 3.10. The largest absolute Gasteiger partial charge is 0.427 e.